The van der Waals surface area contributed by atoms with Crippen LogP contribution >= 0.6 is 0 Å². The van der Waals surface area contributed by atoms with E-state index in [1.165, 1.54) is 24.4 Å². The minimum absolute atomic E-state index is 0.000532. The van der Waals surface area contributed by atoms with Crippen molar-refractivity contribution in [1.82, 2.24) is 10.3 Å². The zero-order valence-electron chi connectivity index (χ0n) is 20.4. The molecule has 3 aromatic carbocycles. The van der Waals surface area contributed by atoms with Gasteiger partial charge in [-0.05, 0) is 53.9 Å². The lowest BCUT2D eigenvalue weighted by molar-refractivity contribution is -0.136. The quantitative estimate of drug-likeness (QED) is 0.229. The molecule has 0 amide bonds. The SMILES string of the molecule is COc1cccc(CNCC(O)C(Cc2cc(F)cc(F)c2)Nc2ccnc3c(C(F)(F)F)cccc23)c1. The summed E-state index contributed by atoms with van der Waals surface area (Å²) in [5, 5.41) is 17.5. The maximum atomic E-state index is 13.9. The molecule has 0 spiro atoms. The van der Waals surface area contributed by atoms with Crippen LogP contribution in [0.15, 0.2) is 72.9 Å². The van der Waals surface area contributed by atoms with E-state index in [4.69, 9.17) is 4.74 Å². The smallest absolute Gasteiger partial charge is 0.418 e. The normalized spacial score (nSPS) is 13.3. The largest absolute Gasteiger partial charge is 0.497 e. The number of para-hydroxylation sites is 1. The predicted molar refractivity (Wildman–Crippen MR) is 135 cm³/mol. The highest BCUT2D eigenvalue weighted by atomic mass is 19.4. The van der Waals surface area contributed by atoms with Gasteiger partial charge in [-0.25, -0.2) is 8.78 Å². The standard InChI is InChI=1S/C28H26F5N3O2/c1-38-21-5-2-4-17(12-21)15-34-16-26(37)25(13-18-10-19(29)14-20(30)11-18)36-24-8-9-35-27-22(24)6-3-7-23(27)28(31,32)33/h2-12,14,25-26,34,37H,13,15-16H2,1H3,(H,35,36). The Hall–Kier alpha value is -3.76. The van der Waals surface area contributed by atoms with Crippen molar-refractivity contribution in [3.63, 3.8) is 0 Å². The van der Waals surface area contributed by atoms with Gasteiger partial charge in [0.1, 0.15) is 17.4 Å². The monoisotopic (exact) mass is 531 g/mol. The summed E-state index contributed by atoms with van der Waals surface area (Å²) in [6.07, 6.45) is -4.44. The van der Waals surface area contributed by atoms with E-state index in [0.717, 1.165) is 29.8 Å². The fraction of sp³-hybridized carbons (Fsp3) is 0.250. The fourth-order valence-electron chi connectivity index (χ4n) is 4.29. The number of halogens is 5. The average Bonchev–Trinajstić information content (AvgIpc) is 2.87. The number of hydrogen-bond donors (Lipinski definition) is 3. The van der Waals surface area contributed by atoms with E-state index in [-0.39, 0.29) is 29.4 Å². The summed E-state index contributed by atoms with van der Waals surface area (Å²) in [6, 6.07) is 14.8. The van der Waals surface area contributed by atoms with Crippen LogP contribution in [0.5, 0.6) is 5.75 Å². The number of ether oxygens (including phenoxy) is 1. The van der Waals surface area contributed by atoms with Crippen LogP contribution in [0.3, 0.4) is 0 Å². The van der Waals surface area contributed by atoms with Crippen molar-refractivity contribution in [3.8, 4) is 5.75 Å². The minimum Gasteiger partial charge on any atom is -0.497 e. The lowest BCUT2D eigenvalue weighted by atomic mass is 9.99. The molecule has 0 aliphatic rings. The summed E-state index contributed by atoms with van der Waals surface area (Å²) < 4.78 is 73.6. The van der Waals surface area contributed by atoms with Crippen molar-refractivity contribution < 1.29 is 31.8 Å². The third-order valence-electron chi connectivity index (χ3n) is 6.08. The van der Waals surface area contributed by atoms with Crippen molar-refractivity contribution in [2.24, 2.45) is 0 Å². The molecule has 1 heterocycles. The number of pyridine rings is 1. The first kappa shape index (κ1) is 27.3. The Morgan fingerprint density at radius 1 is 0.947 bits per heavy atom. The van der Waals surface area contributed by atoms with Gasteiger partial charge in [-0.15, -0.1) is 0 Å². The first-order valence-corrected chi connectivity index (χ1v) is 11.8. The topological polar surface area (TPSA) is 66.4 Å². The number of fused-ring (bicyclic) bond motifs is 1. The Kier molecular flexibility index (Phi) is 8.43. The Balaban J connectivity index is 1.59. The Bertz CT molecular complexity index is 1380. The van der Waals surface area contributed by atoms with Gasteiger partial charge in [-0.1, -0.05) is 24.3 Å². The first-order chi connectivity index (χ1) is 18.1. The summed E-state index contributed by atoms with van der Waals surface area (Å²) in [5.41, 5.74) is 0.359. The second kappa shape index (κ2) is 11.7. The van der Waals surface area contributed by atoms with Crippen LogP contribution < -0.4 is 15.4 Å². The number of aliphatic hydroxyl groups excluding tert-OH is 1. The Labute approximate surface area is 216 Å². The zero-order chi connectivity index (χ0) is 27.3. The lowest BCUT2D eigenvalue weighted by Gasteiger charge is -2.27. The maximum absolute atomic E-state index is 13.9. The number of nitrogens with zero attached hydrogens (tertiary/aromatic N) is 1. The molecule has 0 saturated heterocycles. The number of aliphatic hydroxyl groups is 1. The van der Waals surface area contributed by atoms with Crippen molar-refractivity contribution in [3.05, 3.63) is 101 Å². The van der Waals surface area contributed by atoms with Gasteiger partial charge in [0.25, 0.3) is 0 Å². The third kappa shape index (κ3) is 6.76. The Morgan fingerprint density at radius 3 is 2.39 bits per heavy atom. The number of anilines is 1. The number of benzene rings is 3. The second-order valence-electron chi connectivity index (χ2n) is 8.84. The predicted octanol–water partition coefficient (Wildman–Crippen LogP) is 5.71. The van der Waals surface area contributed by atoms with Crippen LogP contribution in [-0.4, -0.2) is 35.9 Å². The Morgan fingerprint density at radius 2 is 1.68 bits per heavy atom. The van der Waals surface area contributed by atoms with Gasteiger partial charge in [0.2, 0.25) is 0 Å². The highest BCUT2D eigenvalue weighted by molar-refractivity contribution is 5.93. The lowest BCUT2D eigenvalue weighted by Crippen LogP contribution is -2.42. The highest BCUT2D eigenvalue weighted by Gasteiger charge is 2.33. The average molecular weight is 532 g/mol. The number of methoxy groups -OCH3 is 1. The molecule has 200 valence electrons. The van der Waals surface area contributed by atoms with Crippen molar-refractivity contribution in [1.29, 1.82) is 0 Å². The molecular formula is C28H26F5N3O2. The molecule has 4 aromatic rings. The van der Waals surface area contributed by atoms with E-state index >= 15 is 0 Å². The van der Waals surface area contributed by atoms with Crippen molar-refractivity contribution >= 4 is 16.6 Å². The van der Waals surface area contributed by atoms with E-state index in [1.807, 2.05) is 18.2 Å². The van der Waals surface area contributed by atoms with Crippen LogP contribution in [0.4, 0.5) is 27.6 Å². The van der Waals surface area contributed by atoms with Crippen molar-refractivity contribution in [2.45, 2.75) is 31.3 Å². The molecule has 2 unspecified atom stereocenters. The van der Waals surface area contributed by atoms with Gasteiger partial charge in [0.15, 0.2) is 0 Å². The summed E-state index contributed by atoms with van der Waals surface area (Å²) in [7, 11) is 1.56. The van der Waals surface area contributed by atoms with E-state index in [1.54, 1.807) is 13.2 Å². The van der Waals surface area contributed by atoms with Crippen LogP contribution in [0, 0.1) is 11.6 Å². The van der Waals surface area contributed by atoms with Gasteiger partial charge in [0, 0.05) is 36.4 Å². The first-order valence-electron chi connectivity index (χ1n) is 11.8. The van der Waals surface area contributed by atoms with Crippen LogP contribution in [0.1, 0.15) is 16.7 Å². The number of alkyl halides is 3. The molecule has 4 rings (SSSR count). The van der Waals surface area contributed by atoms with E-state index in [0.29, 0.717) is 18.0 Å². The maximum Gasteiger partial charge on any atom is 0.418 e. The molecule has 3 N–H and O–H groups in total. The molecule has 0 bridgehead atoms. The molecule has 38 heavy (non-hydrogen) atoms. The molecule has 1 aromatic heterocycles. The summed E-state index contributed by atoms with van der Waals surface area (Å²) >= 11 is 0. The molecule has 0 radical (unpaired) electrons. The molecular weight excluding hydrogens is 505 g/mol. The zero-order valence-corrected chi connectivity index (χ0v) is 20.4. The summed E-state index contributed by atoms with van der Waals surface area (Å²) in [5.74, 6) is -0.859. The van der Waals surface area contributed by atoms with E-state index in [9.17, 15) is 27.1 Å². The van der Waals surface area contributed by atoms with E-state index in [2.05, 4.69) is 15.6 Å². The molecule has 2 atom stereocenters. The minimum atomic E-state index is -4.60. The number of rotatable bonds is 10. The number of aromatic nitrogens is 1. The second-order valence-corrected chi connectivity index (χ2v) is 8.84. The van der Waals surface area contributed by atoms with Gasteiger partial charge >= 0.3 is 6.18 Å². The molecule has 5 nitrogen and oxygen atoms in total. The van der Waals surface area contributed by atoms with E-state index < -0.39 is 35.5 Å². The van der Waals surface area contributed by atoms with Crippen molar-refractivity contribution in [2.75, 3.05) is 19.0 Å². The third-order valence-corrected chi connectivity index (χ3v) is 6.08. The highest BCUT2D eigenvalue weighted by Crippen LogP contribution is 2.36. The van der Waals surface area contributed by atoms with Gasteiger partial charge in [-0.2, -0.15) is 13.2 Å². The summed E-state index contributed by atoms with van der Waals surface area (Å²) in [6.45, 7) is 0.492. The van der Waals surface area contributed by atoms with Gasteiger partial charge in [0.05, 0.1) is 30.3 Å². The molecule has 0 fully saturated rings. The fourth-order valence-corrected chi connectivity index (χ4v) is 4.29. The molecule has 0 saturated carbocycles. The van der Waals surface area contributed by atoms with Crippen LogP contribution in [-0.2, 0) is 19.1 Å². The molecule has 0 aliphatic heterocycles. The molecule has 10 heteroatoms. The number of nitrogens with one attached hydrogen (secondary N) is 2. The summed E-state index contributed by atoms with van der Waals surface area (Å²) in [4.78, 5) is 3.92. The number of hydrogen-bond acceptors (Lipinski definition) is 5. The van der Waals surface area contributed by atoms with Gasteiger partial charge in [-0.3, -0.25) is 4.98 Å². The van der Waals surface area contributed by atoms with Crippen LogP contribution in [0.25, 0.3) is 10.9 Å². The van der Waals surface area contributed by atoms with Gasteiger partial charge < -0.3 is 20.5 Å². The molecule has 0 aliphatic carbocycles. The van der Waals surface area contributed by atoms with Crippen LogP contribution in [0.2, 0.25) is 0 Å².